The smallest absolute Gasteiger partial charge is 0.115 e. The first-order valence-electron chi connectivity index (χ1n) is 8.39. The quantitative estimate of drug-likeness (QED) is 0.284. The van der Waals surface area contributed by atoms with Gasteiger partial charge in [-0.3, -0.25) is 0 Å². The molecule has 2 atom stereocenters. The van der Waals surface area contributed by atoms with Crippen molar-refractivity contribution in [3.63, 3.8) is 0 Å². The van der Waals surface area contributed by atoms with Gasteiger partial charge in [0.25, 0.3) is 0 Å². The van der Waals surface area contributed by atoms with Crippen LogP contribution in [-0.4, -0.2) is 41.4 Å². The number of thiol groups is 2. The molecule has 0 aliphatic heterocycles. The van der Waals surface area contributed by atoms with Crippen molar-refractivity contribution in [1.29, 1.82) is 0 Å². The van der Waals surface area contributed by atoms with E-state index in [1.807, 2.05) is 24.3 Å². The van der Waals surface area contributed by atoms with E-state index in [1.54, 1.807) is 24.3 Å². The monoisotopic (exact) mass is 378 g/mol. The Labute approximate surface area is 160 Å². The van der Waals surface area contributed by atoms with Crippen LogP contribution in [0.5, 0.6) is 11.5 Å². The molecule has 2 aromatic carbocycles. The molecular weight excluding hydrogens is 352 g/mol. The van der Waals surface area contributed by atoms with Gasteiger partial charge in [0.15, 0.2) is 0 Å². The van der Waals surface area contributed by atoms with Crippen molar-refractivity contribution < 1.29 is 10.2 Å². The normalized spacial score (nSPS) is 13.5. The van der Waals surface area contributed by atoms with Crippen molar-refractivity contribution in [3.05, 3.63) is 59.7 Å². The number of phenols is 2. The van der Waals surface area contributed by atoms with Gasteiger partial charge in [-0.1, -0.05) is 24.3 Å². The van der Waals surface area contributed by atoms with E-state index in [9.17, 15) is 10.2 Å². The van der Waals surface area contributed by atoms with Crippen LogP contribution < -0.4 is 10.6 Å². The lowest BCUT2D eigenvalue weighted by molar-refractivity contribution is 0.433. The average Bonchev–Trinajstić information content (AvgIpc) is 2.62. The largest absolute Gasteiger partial charge is 0.508 e. The van der Waals surface area contributed by atoms with Gasteiger partial charge in [0.1, 0.15) is 11.5 Å². The summed E-state index contributed by atoms with van der Waals surface area (Å²) in [5, 5.41) is 26.2. The molecular formula is C19H26N2O2S2. The summed E-state index contributed by atoms with van der Waals surface area (Å²) in [5.74, 6) is 2.18. The minimum Gasteiger partial charge on any atom is -0.508 e. The lowest BCUT2D eigenvalue weighted by atomic mass is 9.86. The van der Waals surface area contributed by atoms with Crippen LogP contribution in [0.4, 0.5) is 0 Å². The molecule has 0 radical (unpaired) electrons. The third-order valence-electron chi connectivity index (χ3n) is 4.10. The Morgan fingerprint density at radius 1 is 0.760 bits per heavy atom. The first-order chi connectivity index (χ1) is 12.2. The predicted octanol–water partition coefficient (Wildman–Crippen LogP) is 2.96. The Kier molecular flexibility index (Phi) is 8.48. The van der Waals surface area contributed by atoms with Crippen LogP contribution in [0, 0.1) is 0 Å². The fourth-order valence-electron chi connectivity index (χ4n) is 2.88. The Bertz CT molecular complexity index is 620. The van der Waals surface area contributed by atoms with Crippen molar-refractivity contribution in [2.75, 3.05) is 31.1 Å². The molecule has 0 amide bonds. The third kappa shape index (κ3) is 6.15. The molecule has 0 aromatic heterocycles. The maximum Gasteiger partial charge on any atom is 0.115 e. The van der Waals surface area contributed by atoms with Gasteiger partial charge in [0.05, 0.1) is 0 Å². The zero-order valence-electron chi connectivity index (χ0n) is 14.1. The number of hydrogen-bond donors (Lipinski definition) is 6. The van der Waals surface area contributed by atoms with E-state index < -0.39 is 0 Å². The Morgan fingerprint density at radius 3 is 1.80 bits per heavy atom. The molecule has 2 rings (SSSR count). The maximum absolute atomic E-state index is 9.60. The van der Waals surface area contributed by atoms with Crippen molar-refractivity contribution in [2.24, 2.45) is 0 Å². The van der Waals surface area contributed by atoms with E-state index in [0.29, 0.717) is 0 Å². The van der Waals surface area contributed by atoms with Gasteiger partial charge in [-0.05, 0) is 35.4 Å². The van der Waals surface area contributed by atoms with Crippen molar-refractivity contribution in [1.82, 2.24) is 10.6 Å². The van der Waals surface area contributed by atoms with Gasteiger partial charge in [-0.2, -0.15) is 25.3 Å². The first kappa shape index (κ1) is 20.0. The molecule has 0 spiro atoms. The van der Waals surface area contributed by atoms with E-state index in [4.69, 9.17) is 0 Å². The van der Waals surface area contributed by atoms with Gasteiger partial charge >= 0.3 is 0 Å². The number of benzene rings is 2. The van der Waals surface area contributed by atoms with Gasteiger partial charge < -0.3 is 20.8 Å². The molecule has 0 saturated carbocycles. The van der Waals surface area contributed by atoms with Crippen molar-refractivity contribution in [2.45, 2.75) is 12.0 Å². The van der Waals surface area contributed by atoms with Crippen LogP contribution in [0.1, 0.15) is 23.1 Å². The minimum atomic E-state index is 0.0599. The Morgan fingerprint density at radius 2 is 1.28 bits per heavy atom. The molecule has 0 aliphatic rings. The van der Waals surface area contributed by atoms with Crippen molar-refractivity contribution >= 4 is 25.3 Å². The molecule has 25 heavy (non-hydrogen) atoms. The third-order valence-corrected chi connectivity index (χ3v) is 4.55. The van der Waals surface area contributed by atoms with E-state index in [-0.39, 0.29) is 23.5 Å². The van der Waals surface area contributed by atoms with Crippen LogP contribution in [0.3, 0.4) is 0 Å². The molecule has 0 fully saturated rings. The Balaban J connectivity index is 2.32. The summed E-state index contributed by atoms with van der Waals surface area (Å²) in [6.07, 6.45) is 0. The summed E-state index contributed by atoms with van der Waals surface area (Å²) in [6.45, 7) is 2.37. The summed E-state index contributed by atoms with van der Waals surface area (Å²) in [5.41, 5.74) is 2.24. The average molecular weight is 379 g/mol. The van der Waals surface area contributed by atoms with Crippen molar-refractivity contribution in [3.8, 4) is 11.5 Å². The molecule has 0 unspecified atom stereocenters. The highest BCUT2D eigenvalue weighted by atomic mass is 32.1. The van der Waals surface area contributed by atoms with E-state index in [0.717, 1.165) is 42.3 Å². The molecule has 4 N–H and O–H groups in total. The van der Waals surface area contributed by atoms with Crippen LogP contribution >= 0.6 is 25.3 Å². The van der Waals surface area contributed by atoms with Gasteiger partial charge in [0.2, 0.25) is 0 Å². The number of phenolic OH excluding ortho intramolecular Hbond substituents is 2. The second kappa shape index (κ2) is 10.6. The minimum absolute atomic E-state index is 0.0599. The van der Waals surface area contributed by atoms with E-state index in [2.05, 4.69) is 35.9 Å². The molecule has 0 aliphatic carbocycles. The number of rotatable bonds is 10. The van der Waals surface area contributed by atoms with Crippen LogP contribution in [0.25, 0.3) is 0 Å². The highest BCUT2D eigenvalue weighted by Crippen LogP contribution is 2.32. The predicted molar refractivity (Wildman–Crippen MR) is 110 cm³/mol. The number of aromatic hydroxyl groups is 2. The second-order valence-corrected chi connectivity index (χ2v) is 6.77. The fourth-order valence-corrected chi connectivity index (χ4v) is 3.17. The van der Waals surface area contributed by atoms with Gasteiger partial charge in [-0.15, -0.1) is 0 Å². The highest BCUT2D eigenvalue weighted by Gasteiger charge is 2.24. The van der Waals surface area contributed by atoms with Crippen LogP contribution in [0.15, 0.2) is 48.5 Å². The summed E-state index contributed by atoms with van der Waals surface area (Å²) in [4.78, 5) is 0. The molecule has 4 nitrogen and oxygen atoms in total. The van der Waals surface area contributed by atoms with Gasteiger partial charge in [0, 0.05) is 43.1 Å². The Hall–Kier alpha value is -1.34. The maximum atomic E-state index is 9.60. The molecule has 0 bridgehead atoms. The standard InChI is InChI=1S/C19H26N2O2S2/c22-16-5-1-14(2-6-16)18(13-20-9-11-24)19(21-10-12-25)15-3-7-17(23)8-4-15/h1-8,18-25H,9-13H2/t18-,19-/m0/s1. The molecule has 2 aromatic rings. The molecule has 0 saturated heterocycles. The summed E-state index contributed by atoms with van der Waals surface area (Å²) >= 11 is 8.58. The van der Waals surface area contributed by atoms with Gasteiger partial charge in [-0.25, -0.2) is 0 Å². The zero-order chi connectivity index (χ0) is 18.1. The molecule has 0 heterocycles. The summed E-state index contributed by atoms with van der Waals surface area (Å²) < 4.78 is 0. The van der Waals surface area contributed by atoms with E-state index in [1.165, 1.54) is 0 Å². The van der Waals surface area contributed by atoms with Crippen LogP contribution in [0.2, 0.25) is 0 Å². The number of nitrogens with one attached hydrogen (secondary N) is 2. The fraction of sp³-hybridized carbons (Fsp3) is 0.368. The first-order valence-corrected chi connectivity index (χ1v) is 9.66. The van der Waals surface area contributed by atoms with Crippen LogP contribution in [-0.2, 0) is 0 Å². The lowest BCUT2D eigenvalue weighted by Crippen LogP contribution is -2.35. The molecule has 6 heteroatoms. The SMILES string of the molecule is Oc1ccc([C@H](CNCCS)[C@@H](NCCS)c2ccc(O)cc2)cc1. The topological polar surface area (TPSA) is 64.5 Å². The summed E-state index contributed by atoms with van der Waals surface area (Å²) in [7, 11) is 0. The highest BCUT2D eigenvalue weighted by molar-refractivity contribution is 7.80. The lowest BCUT2D eigenvalue weighted by Gasteiger charge is -2.29. The second-order valence-electron chi connectivity index (χ2n) is 5.87. The number of hydrogen-bond acceptors (Lipinski definition) is 6. The van der Waals surface area contributed by atoms with E-state index >= 15 is 0 Å². The zero-order valence-corrected chi connectivity index (χ0v) is 15.9. The summed E-state index contributed by atoms with van der Waals surface area (Å²) in [6, 6.07) is 14.7. The molecule has 136 valence electrons.